The molecule has 0 aliphatic carbocycles. The second-order valence-electron chi connectivity index (χ2n) is 26.0. The van der Waals surface area contributed by atoms with E-state index in [4.69, 9.17) is 4.74 Å². The molecule has 0 spiro atoms. The maximum absolute atomic E-state index is 12.5. The van der Waals surface area contributed by atoms with Crippen molar-refractivity contribution in [1.82, 2.24) is 5.32 Å². The van der Waals surface area contributed by atoms with Gasteiger partial charge in [0.2, 0.25) is 5.91 Å². The van der Waals surface area contributed by atoms with Gasteiger partial charge in [0.25, 0.3) is 0 Å². The number of hydrogen-bond acceptors (Lipinski definition) is 5. The summed E-state index contributed by atoms with van der Waals surface area (Å²) in [6.45, 7) is 4.99. The molecule has 6 heteroatoms. The van der Waals surface area contributed by atoms with Crippen LogP contribution in [-0.2, 0) is 14.3 Å². The average Bonchev–Trinajstić information content (AvgIpc) is 3.48. The molecule has 0 rings (SSSR count). The van der Waals surface area contributed by atoms with Crippen LogP contribution in [0.1, 0.15) is 425 Å². The first-order chi connectivity index (χ1) is 40.5. The monoisotopic (exact) mass is 1150 g/mol. The molecule has 2 unspecified atom stereocenters. The summed E-state index contributed by atoms with van der Waals surface area (Å²) in [5, 5.41) is 23.4. The Kier molecular flexibility index (Phi) is 70.4. The lowest BCUT2D eigenvalue weighted by Crippen LogP contribution is -2.45. The minimum Gasteiger partial charge on any atom is -0.466 e. The highest BCUT2D eigenvalue weighted by molar-refractivity contribution is 5.76. The number of ether oxygens (including phenoxy) is 1. The van der Waals surface area contributed by atoms with Crippen LogP contribution in [0, 0.1) is 0 Å². The van der Waals surface area contributed by atoms with Crippen molar-refractivity contribution in [1.29, 1.82) is 0 Å². The Labute approximate surface area is 513 Å². The summed E-state index contributed by atoms with van der Waals surface area (Å²) in [5.74, 6) is -0.0109. The predicted molar refractivity (Wildman–Crippen MR) is 361 cm³/mol. The van der Waals surface area contributed by atoms with E-state index in [0.717, 1.165) is 44.9 Å². The van der Waals surface area contributed by atoms with E-state index < -0.39 is 12.1 Å². The fourth-order valence-corrected chi connectivity index (χ4v) is 12.0. The average molecular weight is 1160 g/mol. The molecule has 0 aromatic rings. The van der Waals surface area contributed by atoms with Crippen molar-refractivity contribution in [3.05, 3.63) is 24.3 Å². The van der Waals surface area contributed by atoms with Crippen LogP contribution in [0.15, 0.2) is 24.3 Å². The van der Waals surface area contributed by atoms with Crippen LogP contribution in [0.3, 0.4) is 0 Å². The van der Waals surface area contributed by atoms with Crippen molar-refractivity contribution in [3.63, 3.8) is 0 Å². The highest BCUT2D eigenvalue weighted by Crippen LogP contribution is 2.19. The van der Waals surface area contributed by atoms with Crippen molar-refractivity contribution in [2.75, 3.05) is 13.2 Å². The second kappa shape index (κ2) is 71.8. The van der Waals surface area contributed by atoms with E-state index in [2.05, 4.69) is 43.5 Å². The number of amides is 1. The summed E-state index contributed by atoms with van der Waals surface area (Å²) in [7, 11) is 0. The SMILES string of the molecule is CCCCCCCCCCCCCCCCCCCCCC(O)C(CO)NC(=O)CCCCCCCCCCCCCCCCCCC/C=C\C/C=C\CCCCCCCCCCCCCOC(=O)CCCCCCCCCCCCC. The molecule has 0 aromatic heterocycles. The van der Waals surface area contributed by atoms with Crippen molar-refractivity contribution in [2.24, 2.45) is 0 Å². The molecule has 1 amide bonds. The molecule has 0 saturated heterocycles. The van der Waals surface area contributed by atoms with Crippen molar-refractivity contribution in [2.45, 2.75) is 437 Å². The molecule has 0 aliphatic heterocycles. The normalized spacial score (nSPS) is 12.6. The summed E-state index contributed by atoms with van der Waals surface area (Å²) in [5.41, 5.74) is 0. The van der Waals surface area contributed by atoms with Crippen LogP contribution in [-0.4, -0.2) is 47.4 Å². The predicted octanol–water partition coefficient (Wildman–Crippen LogP) is 24.5. The van der Waals surface area contributed by atoms with E-state index in [1.165, 1.54) is 347 Å². The van der Waals surface area contributed by atoms with Gasteiger partial charge in [-0.15, -0.1) is 0 Å². The smallest absolute Gasteiger partial charge is 0.305 e. The summed E-state index contributed by atoms with van der Waals surface area (Å²) in [6.07, 6.45) is 91.1. The number of carbonyl (C=O) groups is 2. The number of carbonyl (C=O) groups excluding carboxylic acids is 2. The quantitative estimate of drug-likeness (QED) is 0.0320. The third kappa shape index (κ3) is 67.5. The van der Waals surface area contributed by atoms with Gasteiger partial charge in [-0.1, -0.05) is 378 Å². The third-order valence-electron chi connectivity index (χ3n) is 17.8. The van der Waals surface area contributed by atoms with Crippen LogP contribution in [0.4, 0.5) is 0 Å². The van der Waals surface area contributed by atoms with E-state index in [9.17, 15) is 19.8 Å². The Bertz CT molecular complexity index is 1280. The number of allylic oxidation sites excluding steroid dienone is 4. The van der Waals surface area contributed by atoms with E-state index in [-0.39, 0.29) is 18.5 Å². The Morgan fingerprint density at radius 1 is 0.341 bits per heavy atom. The first-order valence-electron chi connectivity index (χ1n) is 37.6. The molecular weight excluding hydrogens is 1010 g/mol. The van der Waals surface area contributed by atoms with Crippen molar-refractivity contribution < 1.29 is 24.5 Å². The number of nitrogens with one attached hydrogen (secondary N) is 1. The second-order valence-corrected chi connectivity index (χ2v) is 26.0. The zero-order chi connectivity index (χ0) is 59.2. The van der Waals surface area contributed by atoms with Gasteiger partial charge in [-0.05, 0) is 57.8 Å². The summed E-state index contributed by atoms with van der Waals surface area (Å²) in [6, 6.07) is -0.540. The maximum Gasteiger partial charge on any atom is 0.305 e. The van der Waals surface area contributed by atoms with Crippen LogP contribution in [0.2, 0.25) is 0 Å². The Balaban J connectivity index is 3.37. The van der Waals surface area contributed by atoms with Gasteiger partial charge in [0, 0.05) is 12.8 Å². The summed E-state index contributed by atoms with van der Waals surface area (Å²) >= 11 is 0. The molecule has 0 saturated carbocycles. The van der Waals surface area contributed by atoms with Gasteiger partial charge in [0.05, 0.1) is 25.4 Å². The minimum absolute atomic E-state index is 0.0172. The largest absolute Gasteiger partial charge is 0.466 e. The minimum atomic E-state index is -0.663. The van der Waals surface area contributed by atoms with E-state index in [1.807, 2.05) is 0 Å². The van der Waals surface area contributed by atoms with Gasteiger partial charge in [0.15, 0.2) is 0 Å². The molecule has 82 heavy (non-hydrogen) atoms. The highest BCUT2D eigenvalue weighted by atomic mass is 16.5. The zero-order valence-corrected chi connectivity index (χ0v) is 55.8. The van der Waals surface area contributed by atoms with Gasteiger partial charge in [-0.2, -0.15) is 0 Å². The van der Waals surface area contributed by atoms with E-state index in [1.54, 1.807) is 0 Å². The molecule has 0 fully saturated rings. The Morgan fingerprint density at radius 2 is 0.610 bits per heavy atom. The number of esters is 1. The molecule has 0 aliphatic rings. The number of unbranched alkanes of at least 4 members (excludes halogenated alkanes) is 56. The molecule has 3 N–H and O–H groups in total. The molecule has 486 valence electrons. The number of aliphatic hydroxyl groups excluding tert-OH is 2. The maximum atomic E-state index is 12.5. The number of hydrogen-bond donors (Lipinski definition) is 3. The fraction of sp³-hybridized carbons (Fsp3) is 0.921. The van der Waals surface area contributed by atoms with Crippen LogP contribution in [0.5, 0.6) is 0 Å². The first-order valence-corrected chi connectivity index (χ1v) is 37.6. The Morgan fingerprint density at radius 3 is 0.927 bits per heavy atom. The van der Waals surface area contributed by atoms with Crippen molar-refractivity contribution in [3.8, 4) is 0 Å². The Hall–Kier alpha value is -1.66. The first kappa shape index (κ1) is 80.3. The molecule has 6 nitrogen and oxygen atoms in total. The molecule has 0 bridgehead atoms. The van der Waals surface area contributed by atoms with Crippen LogP contribution in [0.25, 0.3) is 0 Å². The molecule has 0 radical (unpaired) electrons. The summed E-state index contributed by atoms with van der Waals surface area (Å²) < 4.78 is 5.47. The van der Waals surface area contributed by atoms with Gasteiger partial charge < -0.3 is 20.3 Å². The van der Waals surface area contributed by atoms with Crippen LogP contribution < -0.4 is 5.32 Å². The molecule has 0 aromatic carbocycles. The fourth-order valence-electron chi connectivity index (χ4n) is 12.0. The van der Waals surface area contributed by atoms with Crippen LogP contribution >= 0.6 is 0 Å². The number of rotatable bonds is 71. The van der Waals surface area contributed by atoms with Crippen molar-refractivity contribution >= 4 is 11.9 Å². The lowest BCUT2D eigenvalue weighted by molar-refractivity contribution is -0.143. The summed E-state index contributed by atoms with van der Waals surface area (Å²) in [4.78, 5) is 24.6. The zero-order valence-electron chi connectivity index (χ0n) is 55.8. The highest BCUT2D eigenvalue weighted by Gasteiger charge is 2.20. The topological polar surface area (TPSA) is 95.9 Å². The lowest BCUT2D eigenvalue weighted by atomic mass is 10.0. The molecular formula is C76H147NO5. The van der Waals surface area contributed by atoms with E-state index >= 15 is 0 Å². The van der Waals surface area contributed by atoms with Gasteiger partial charge in [-0.25, -0.2) is 0 Å². The molecule has 0 heterocycles. The molecule has 2 atom stereocenters. The van der Waals surface area contributed by atoms with E-state index in [0.29, 0.717) is 25.9 Å². The third-order valence-corrected chi connectivity index (χ3v) is 17.8. The lowest BCUT2D eigenvalue weighted by Gasteiger charge is -2.22. The van der Waals surface area contributed by atoms with Gasteiger partial charge in [-0.3, -0.25) is 9.59 Å². The standard InChI is InChI=1S/C76H147NO5/c1-3-5-7-9-11-13-15-16-17-18-36-39-42-45-49-52-56-60-64-68-74(79)73(72-78)77-75(80)69-65-61-57-53-50-46-43-40-37-34-32-30-28-26-24-22-20-19-21-23-25-27-29-31-33-35-38-41-44-47-51-55-59-63-67-71-82-76(81)70-66-62-58-54-48-14-12-10-8-6-4-2/h21,23,27,29,73-74,78-79H,3-20,22,24-26,28,30-72H2,1-2H3,(H,77,80)/b23-21-,29-27-. The van der Waals surface area contributed by atoms with Gasteiger partial charge >= 0.3 is 5.97 Å². The number of aliphatic hydroxyl groups is 2. The van der Waals surface area contributed by atoms with Gasteiger partial charge in [0.1, 0.15) is 0 Å².